The summed E-state index contributed by atoms with van der Waals surface area (Å²) in [6, 6.07) is 0.113. The predicted octanol–water partition coefficient (Wildman–Crippen LogP) is 0.742. The zero-order valence-electron chi connectivity index (χ0n) is 6.52. The van der Waals surface area contributed by atoms with Crippen LogP contribution in [0.1, 0.15) is 27.2 Å². The van der Waals surface area contributed by atoms with Gasteiger partial charge in [0.25, 0.3) is 0 Å². The van der Waals surface area contributed by atoms with E-state index in [4.69, 9.17) is 10.8 Å². The molecule has 0 rings (SSSR count). The van der Waals surface area contributed by atoms with Crippen LogP contribution in [-0.4, -0.2) is 17.8 Å². The van der Waals surface area contributed by atoms with Gasteiger partial charge in [0.1, 0.15) is 0 Å². The number of aliphatic hydroxyl groups is 1. The van der Waals surface area contributed by atoms with Crippen molar-refractivity contribution in [3.8, 4) is 0 Å². The van der Waals surface area contributed by atoms with Crippen LogP contribution in [0.25, 0.3) is 0 Å². The maximum Gasteiger partial charge on any atom is 0.0445 e. The summed E-state index contributed by atoms with van der Waals surface area (Å²) in [7, 11) is 0. The summed E-state index contributed by atoms with van der Waals surface area (Å²) in [5.74, 6) is 0. The van der Waals surface area contributed by atoms with Crippen LogP contribution in [0.4, 0.5) is 0 Å². The molecule has 0 radical (unpaired) electrons. The summed E-state index contributed by atoms with van der Waals surface area (Å²) in [4.78, 5) is 0. The van der Waals surface area contributed by atoms with E-state index in [-0.39, 0.29) is 18.1 Å². The molecule has 0 aliphatic carbocycles. The van der Waals surface area contributed by atoms with Crippen molar-refractivity contribution >= 4 is 0 Å². The maximum absolute atomic E-state index is 8.52. The molecule has 0 saturated heterocycles. The molecule has 0 spiro atoms. The van der Waals surface area contributed by atoms with Gasteiger partial charge in [0.05, 0.1) is 0 Å². The van der Waals surface area contributed by atoms with Gasteiger partial charge in [-0.2, -0.15) is 0 Å². The molecule has 0 saturated carbocycles. The molecule has 0 heterocycles. The number of aliphatic hydroxyl groups excluding tert-OH is 1. The molecule has 2 nitrogen and oxygen atoms in total. The second-order valence-corrected chi connectivity index (χ2v) is 3.48. The van der Waals surface area contributed by atoms with Crippen LogP contribution in [0.3, 0.4) is 0 Å². The number of nitrogens with two attached hydrogens (primary N) is 1. The molecule has 0 fully saturated rings. The van der Waals surface area contributed by atoms with Crippen LogP contribution < -0.4 is 5.73 Å². The van der Waals surface area contributed by atoms with E-state index in [1.165, 1.54) is 0 Å². The third-order valence-corrected chi connectivity index (χ3v) is 1.55. The largest absolute Gasteiger partial charge is 0.396 e. The Morgan fingerprint density at radius 1 is 1.44 bits per heavy atom. The monoisotopic (exact) mass is 131 g/mol. The first-order valence-electron chi connectivity index (χ1n) is 3.35. The minimum atomic E-state index is 0.113. The van der Waals surface area contributed by atoms with Crippen molar-refractivity contribution in [2.75, 3.05) is 6.61 Å². The van der Waals surface area contributed by atoms with Crippen molar-refractivity contribution in [2.45, 2.75) is 33.2 Å². The van der Waals surface area contributed by atoms with Crippen LogP contribution in [0.5, 0.6) is 0 Å². The molecule has 2 heteroatoms. The SMILES string of the molecule is CC(C)(C)C(N)CCO. The third-order valence-electron chi connectivity index (χ3n) is 1.55. The average Bonchev–Trinajstić information content (AvgIpc) is 1.64. The van der Waals surface area contributed by atoms with Gasteiger partial charge in [-0.1, -0.05) is 20.8 Å². The molecule has 9 heavy (non-hydrogen) atoms. The van der Waals surface area contributed by atoms with E-state index in [1.54, 1.807) is 0 Å². The van der Waals surface area contributed by atoms with Gasteiger partial charge in [0, 0.05) is 12.6 Å². The number of rotatable bonds is 2. The standard InChI is InChI=1S/C7H17NO/c1-7(2,3)6(8)4-5-9/h6,9H,4-5,8H2,1-3H3. The van der Waals surface area contributed by atoms with Crippen LogP contribution >= 0.6 is 0 Å². The van der Waals surface area contributed by atoms with Crippen molar-refractivity contribution in [1.29, 1.82) is 0 Å². The minimum absolute atomic E-state index is 0.113. The third kappa shape index (κ3) is 3.49. The molecule has 0 aliphatic heterocycles. The Balaban J connectivity index is 3.59. The maximum atomic E-state index is 8.52. The van der Waals surface area contributed by atoms with Gasteiger partial charge >= 0.3 is 0 Å². The Morgan fingerprint density at radius 2 is 1.89 bits per heavy atom. The summed E-state index contributed by atoms with van der Waals surface area (Å²) in [5, 5.41) is 8.52. The van der Waals surface area contributed by atoms with Gasteiger partial charge in [0.2, 0.25) is 0 Å². The second-order valence-electron chi connectivity index (χ2n) is 3.48. The van der Waals surface area contributed by atoms with E-state index in [1.807, 2.05) is 0 Å². The quantitative estimate of drug-likeness (QED) is 0.580. The molecule has 3 N–H and O–H groups in total. The Labute approximate surface area is 57.1 Å². The average molecular weight is 131 g/mol. The fraction of sp³-hybridized carbons (Fsp3) is 1.00. The van der Waals surface area contributed by atoms with Crippen molar-refractivity contribution < 1.29 is 5.11 Å². The van der Waals surface area contributed by atoms with E-state index in [0.717, 1.165) is 0 Å². The lowest BCUT2D eigenvalue weighted by atomic mass is 9.86. The molecule has 1 unspecified atom stereocenters. The number of hydrogen-bond donors (Lipinski definition) is 2. The summed E-state index contributed by atoms with van der Waals surface area (Å²) in [6.45, 7) is 6.42. The van der Waals surface area contributed by atoms with Gasteiger partial charge in [-0.05, 0) is 11.8 Å². The van der Waals surface area contributed by atoms with Crippen LogP contribution in [0.15, 0.2) is 0 Å². The second kappa shape index (κ2) is 3.18. The summed E-state index contributed by atoms with van der Waals surface area (Å²) >= 11 is 0. The zero-order chi connectivity index (χ0) is 7.49. The molecule has 0 aromatic rings. The Morgan fingerprint density at radius 3 is 2.00 bits per heavy atom. The molecular formula is C7H17NO. The van der Waals surface area contributed by atoms with Crippen molar-refractivity contribution in [3.05, 3.63) is 0 Å². The lowest BCUT2D eigenvalue weighted by Crippen LogP contribution is -2.35. The molecule has 0 aromatic heterocycles. The van der Waals surface area contributed by atoms with Crippen LogP contribution in [-0.2, 0) is 0 Å². The highest BCUT2D eigenvalue weighted by Gasteiger charge is 2.19. The van der Waals surface area contributed by atoms with Gasteiger partial charge in [-0.3, -0.25) is 0 Å². The van der Waals surface area contributed by atoms with Crippen molar-refractivity contribution in [3.63, 3.8) is 0 Å². The molecule has 0 aromatic carbocycles. The van der Waals surface area contributed by atoms with Crippen molar-refractivity contribution in [2.24, 2.45) is 11.1 Å². The molecular weight excluding hydrogens is 114 g/mol. The Kier molecular flexibility index (Phi) is 3.15. The molecule has 0 bridgehead atoms. The predicted molar refractivity (Wildman–Crippen MR) is 39.1 cm³/mol. The van der Waals surface area contributed by atoms with E-state index in [0.29, 0.717) is 6.42 Å². The Hall–Kier alpha value is -0.0800. The van der Waals surface area contributed by atoms with E-state index < -0.39 is 0 Å². The van der Waals surface area contributed by atoms with E-state index in [9.17, 15) is 0 Å². The Bertz CT molecular complexity index is 75.5. The highest BCUT2D eigenvalue weighted by Crippen LogP contribution is 2.18. The zero-order valence-corrected chi connectivity index (χ0v) is 6.52. The highest BCUT2D eigenvalue weighted by atomic mass is 16.3. The smallest absolute Gasteiger partial charge is 0.0445 e. The summed E-state index contributed by atoms with van der Waals surface area (Å²) in [5.41, 5.74) is 5.83. The van der Waals surface area contributed by atoms with Gasteiger partial charge in [-0.15, -0.1) is 0 Å². The summed E-state index contributed by atoms with van der Waals surface area (Å²) in [6.07, 6.45) is 0.698. The molecule has 0 amide bonds. The van der Waals surface area contributed by atoms with E-state index in [2.05, 4.69) is 20.8 Å². The first kappa shape index (κ1) is 8.92. The minimum Gasteiger partial charge on any atom is -0.396 e. The van der Waals surface area contributed by atoms with Gasteiger partial charge < -0.3 is 10.8 Å². The van der Waals surface area contributed by atoms with Crippen LogP contribution in [0.2, 0.25) is 0 Å². The normalized spacial score (nSPS) is 15.7. The van der Waals surface area contributed by atoms with Gasteiger partial charge in [0.15, 0.2) is 0 Å². The highest BCUT2D eigenvalue weighted by molar-refractivity contribution is 4.75. The first-order chi connectivity index (χ1) is 3.98. The fourth-order valence-electron chi connectivity index (χ4n) is 0.572. The lowest BCUT2D eigenvalue weighted by molar-refractivity contribution is 0.225. The molecule has 0 aliphatic rings. The lowest BCUT2D eigenvalue weighted by Gasteiger charge is -2.26. The molecule has 56 valence electrons. The number of hydrogen-bond acceptors (Lipinski definition) is 2. The van der Waals surface area contributed by atoms with E-state index >= 15 is 0 Å². The molecule has 1 atom stereocenters. The van der Waals surface area contributed by atoms with Crippen molar-refractivity contribution in [1.82, 2.24) is 0 Å². The van der Waals surface area contributed by atoms with Crippen LogP contribution in [0, 0.1) is 5.41 Å². The topological polar surface area (TPSA) is 46.2 Å². The summed E-state index contributed by atoms with van der Waals surface area (Å²) < 4.78 is 0. The first-order valence-corrected chi connectivity index (χ1v) is 3.35. The van der Waals surface area contributed by atoms with Gasteiger partial charge in [-0.25, -0.2) is 0 Å². The fourth-order valence-corrected chi connectivity index (χ4v) is 0.572.